The van der Waals surface area contributed by atoms with Crippen molar-refractivity contribution in [2.45, 2.75) is 52.8 Å². The second kappa shape index (κ2) is 6.54. The fourth-order valence-corrected chi connectivity index (χ4v) is 1.32. The minimum atomic E-state index is 0.291. The van der Waals surface area contributed by atoms with E-state index in [0.717, 1.165) is 18.7 Å². The highest BCUT2D eigenvalue weighted by Gasteiger charge is 2.01. The standard InChI is InChI=1S/C14H23NO/c1-5-12(4)16-14-8-6-13(7-9-14)10-15-11(2)3/h6-9,11-12,15H,5,10H2,1-4H3/t12-/m1/s1. The summed E-state index contributed by atoms with van der Waals surface area (Å²) >= 11 is 0. The molecule has 0 aliphatic heterocycles. The Bertz CT molecular complexity index is 292. The van der Waals surface area contributed by atoms with Gasteiger partial charge in [0.05, 0.1) is 6.10 Å². The van der Waals surface area contributed by atoms with E-state index in [1.165, 1.54) is 5.56 Å². The summed E-state index contributed by atoms with van der Waals surface area (Å²) in [5.41, 5.74) is 1.30. The third-order valence-electron chi connectivity index (χ3n) is 2.55. The molecule has 0 aliphatic carbocycles. The smallest absolute Gasteiger partial charge is 0.119 e. The lowest BCUT2D eigenvalue weighted by atomic mass is 10.2. The number of rotatable bonds is 6. The summed E-state index contributed by atoms with van der Waals surface area (Å²) in [6, 6.07) is 8.85. The van der Waals surface area contributed by atoms with Crippen LogP contribution in [0.2, 0.25) is 0 Å². The van der Waals surface area contributed by atoms with E-state index in [9.17, 15) is 0 Å². The first-order chi connectivity index (χ1) is 7.61. The van der Waals surface area contributed by atoms with Gasteiger partial charge in [-0.05, 0) is 31.0 Å². The van der Waals surface area contributed by atoms with Gasteiger partial charge in [-0.1, -0.05) is 32.9 Å². The quantitative estimate of drug-likeness (QED) is 0.795. The zero-order valence-electron chi connectivity index (χ0n) is 10.8. The van der Waals surface area contributed by atoms with Gasteiger partial charge in [-0.3, -0.25) is 0 Å². The van der Waals surface area contributed by atoms with E-state index in [2.05, 4.69) is 45.1 Å². The molecule has 0 aliphatic rings. The van der Waals surface area contributed by atoms with Crippen molar-refractivity contribution in [3.63, 3.8) is 0 Å². The Kier molecular flexibility index (Phi) is 5.33. The van der Waals surface area contributed by atoms with E-state index < -0.39 is 0 Å². The number of benzene rings is 1. The highest BCUT2D eigenvalue weighted by molar-refractivity contribution is 5.27. The summed E-state index contributed by atoms with van der Waals surface area (Å²) in [6.45, 7) is 9.45. The van der Waals surface area contributed by atoms with E-state index in [-0.39, 0.29) is 0 Å². The molecule has 0 bridgehead atoms. The summed E-state index contributed by atoms with van der Waals surface area (Å²) in [4.78, 5) is 0. The number of ether oxygens (including phenoxy) is 1. The second-order valence-corrected chi connectivity index (χ2v) is 4.52. The maximum absolute atomic E-state index is 5.72. The molecule has 0 saturated heterocycles. The van der Waals surface area contributed by atoms with Crippen molar-refractivity contribution < 1.29 is 4.74 Å². The number of nitrogens with one attached hydrogen (secondary N) is 1. The lowest BCUT2D eigenvalue weighted by Crippen LogP contribution is -2.21. The van der Waals surface area contributed by atoms with Crippen LogP contribution in [0, 0.1) is 0 Å². The Morgan fingerprint density at radius 1 is 1.12 bits per heavy atom. The van der Waals surface area contributed by atoms with E-state index >= 15 is 0 Å². The van der Waals surface area contributed by atoms with Gasteiger partial charge in [0.1, 0.15) is 5.75 Å². The normalized spacial score (nSPS) is 12.8. The van der Waals surface area contributed by atoms with Gasteiger partial charge in [-0.25, -0.2) is 0 Å². The van der Waals surface area contributed by atoms with Crippen LogP contribution in [0.15, 0.2) is 24.3 Å². The molecular weight excluding hydrogens is 198 g/mol. The van der Waals surface area contributed by atoms with Gasteiger partial charge in [0.15, 0.2) is 0 Å². The van der Waals surface area contributed by atoms with Crippen molar-refractivity contribution in [3.05, 3.63) is 29.8 Å². The van der Waals surface area contributed by atoms with Crippen molar-refractivity contribution in [2.24, 2.45) is 0 Å². The van der Waals surface area contributed by atoms with Crippen molar-refractivity contribution >= 4 is 0 Å². The Labute approximate surface area is 99.0 Å². The van der Waals surface area contributed by atoms with E-state index in [4.69, 9.17) is 4.74 Å². The summed E-state index contributed by atoms with van der Waals surface area (Å²) < 4.78 is 5.72. The topological polar surface area (TPSA) is 21.3 Å². The van der Waals surface area contributed by atoms with Crippen molar-refractivity contribution in [2.75, 3.05) is 0 Å². The van der Waals surface area contributed by atoms with Crippen LogP contribution in [-0.4, -0.2) is 12.1 Å². The van der Waals surface area contributed by atoms with Crippen LogP contribution in [0.4, 0.5) is 0 Å². The highest BCUT2D eigenvalue weighted by atomic mass is 16.5. The van der Waals surface area contributed by atoms with Crippen molar-refractivity contribution in [3.8, 4) is 5.75 Å². The Hall–Kier alpha value is -1.02. The molecular formula is C14H23NO. The lowest BCUT2D eigenvalue weighted by Gasteiger charge is -2.13. The fourth-order valence-electron chi connectivity index (χ4n) is 1.32. The highest BCUT2D eigenvalue weighted by Crippen LogP contribution is 2.14. The zero-order valence-corrected chi connectivity index (χ0v) is 10.8. The summed E-state index contributed by atoms with van der Waals surface area (Å²) in [6.07, 6.45) is 1.33. The van der Waals surface area contributed by atoms with Gasteiger partial charge in [0.2, 0.25) is 0 Å². The minimum Gasteiger partial charge on any atom is -0.491 e. The van der Waals surface area contributed by atoms with Crippen LogP contribution < -0.4 is 10.1 Å². The van der Waals surface area contributed by atoms with Crippen molar-refractivity contribution in [1.29, 1.82) is 0 Å². The number of hydrogen-bond acceptors (Lipinski definition) is 2. The molecule has 0 aromatic heterocycles. The van der Waals surface area contributed by atoms with Crippen LogP contribution in [0.5, 0.6) is 5.75 Å². The first-order valence-electron chi connectivity index (χ1n) is 6.10. The Balaban J connectivity index is 2.47. The molecule has 0 spiro atoms. The number of hydrogen-bond donors (Lipinski definition) is 1. The summed E-state index contributed by atoms with van der Waals surface area (Å²) in [7, 11) is 0. The SMILES string of the molecule is CC[C@@H](C)Oc1ccc(CNC(C)C)cc1. The van der Waals surface area contributed by atoms with Gasteiger partial charge in [0, 0.05) is 12.6 Å². The molecule has 1 aromatic carbocycles. The van der Waals surface area contributed by atoms with Crippen LogP contribution in [0.25, 0.3) is 0 Å². The van der Waals surface area contributed by atoms with Gasteiger partial charge in [-0.15, -0.1) is 0 Å². The van der Waals surface area contributed by atoms with Gasteiger partial charge >= 0.3 is 0 Å². The first kappa shape index (κ1) is 13.0. The van der Waals surface area contributed by atoms with Crippen LogP contribution in [0.1, 0.15) is 39.7 Å². The average molecular weight is 221 g/mol. The van der Waals surface area contributed by atoms with E-state index in [1.807, 2.05) is 12.1 Å². The second-order valence-electron chi connectivity index (χ2n) is 4.52. The molecule has 0 heterocycles. The lowest BCUT2D eigenvalue weighted by molar-refractivity contribution is 0.217. The van der Waals surface area contributed by atoms with Gasteiger partial charge in [0.25, 0.3) is 0 Å². The predicted molar refractivity (Wildman–Crippen MR) is 68.8 cm³/mol. The Morgan fingerprint density at radius 2 is 1.75 bits per heavy atom. The zero-order chi connectivity index (χ0) is 12.0. The molecule has 90 valence electrons. The third-order valence-corrected chi connectivity index (χ3v) is 2.55. The molecule has 2 heteroatoms. The molecule has 16 heavy (non-hydrogen) atoms. The maximum Gasteiger partial charge on any atom is 0.119 e. The van der Waals surface area contributed by atoms with E-state index in [1.54, 1.807) is 0 Å². The van der Waals surface area contributed by atoms with Gasteiger partial charge in [-0.2, -0.15) is 0 Å². The molecule has 1 rings (SSSR count). The largest absolute Gasteiger partial charge is 0.491 e. The molecule has 0 unspecified atom stereocenters. The van der Waals surface area contributed by atoms with Crippen LogP contribution in [-0.2, 0) is 6.54 Å². The minimum absolute atomic E-state index is 0.291. The molecule has 1 N–H and O–H groups in total. The molecule has 0 saturated carbocycles. The van der Waals surface area contributed by atoms with Crippen molar-refractivity contribution in [1.82, 2.24) is 5.32 Å². The summed E-state index contributed by atoms with van der Waals surface area (Å²) in [5, 5.41) is 3.39. The molecule has 0 radical (unpaired) electrons. The maximum atomic E-state index is 5.72. The Morgan fingerprint density at radius 3 is 2.25 bits per heavy atom. The average Bonchev–Trinajstić information content (AvgIpc) is 2.28. The molecule has 0 amide bonds. The third kappa shape index (κ3) is 4.67. The molecule has 2 nitrogen and oxygen atoms in total. The fraction of sp³-hybridized carbons (Fsp3) is 0.571. The summed E-state index contributed by atoms with van der Waals surface area (Å²) in [5.74, 6) is 0.961. The molecule has 1 aromatic rings. The molecule has 1 atom stereocenters. The van der Waals surface area contributed by atoms with E-state index in [0.29, 0.717) is 12.1 Å². The van der Waals surface area contributed by atoms with Crippen LogP contribution >= 0.6 is 0 Å². The predicted octanol–water partition coefficient (Wildman–Crippen LogP) is 3.36. The van der Waals surface area contributed by atoms with Crippen LogP contribution in [0.3, 0.4) is 0 Å². The monoisotopic (exact) mass is 221 g/mol. The van der Waals surface area contributed by atoms with Gasteiger partial charge < -0.3 is 10.1 Å². The molecule has 0 fully saturated rings. The first-order valence-corrected chi connectivity index (χ1v) is 6.10.